The lowest BCUT2D eigenvalue weighted by molar-refractivity contribution is -0.132. The van der Waals surface area contributed by atoms with E-state index in [9.17, 15) is 18.3 Å². The van der Waals surface area contributed by atoms with Crippen LogP contribution in [0.1, 0.15) is 40.0 Å². The van der Waals surface area contributed by atoms with E-state index in [0.717, 1.165) is 0 Å². The first-order valence-corrected chi connectivity index (χ1v) is 9.05. The number of rotatable bonds is 2. The number of hydrogen-bond donors (Lipinski definition) is 1. The molecule has 0 radical (unpaired) electrons. The van der Waals surface area contributed by atoms with Gasteiger partial charge in [-0.2, -0.15) is 0 Å². The fourth-order valence-corrected chi connectivity index (χ4v) is 4.57. The molecule has 0 aromatic rings. The van der Waals surface area contributed by atoms with E-state index < -0.39 is 15.4 Å². The van der Waals surface area contributed by atoms with Crippen LogP contribution in [0.3, 0.4) is 0 Å². The standard InChI is InChI=1S/C14H25NO4S/c1-13(2)9-15(10-14(13,3)17)12(16)8-11-4-6-20(18,19)7-5-11/h11,17H,4-10H2,1-3H3/t14-/m1/s1. The zero-order chi connectivity index (χ0) is 15.2. The fraction of sp³-hybridized carbons (Fsp3) is 0.929. The number of carbonyl (C=O) groups is 1. The molecule has 0 spiro atoms. The van der Waals surface area contributed by atoms with Crippen molar-refractivity contribution in [2.45, 2.75) is 45.6 Å². The van der Waals surface area contributed by atoms with Crippen LogP contribution in [0.2, 0.25) is 0 Å². The van der Waals surface area contributed by atoms with E-state index in [1.807, 2.05) is 13.8 Å². The summed E-state index contributed by atoms with van der Waals surface area (Å²) in [5, 5.41) is 10.3. The zero-order valence-electron chi connectivity index (χ0n) is 12.6. The molecule has 0 aliphatic carbocycles. The van der Waals surface area contributed by atoms with Crippen LogP contribution in [-0.2, 0) is 14.6 Å². The molecule has 116 valence electrons. The molecular weight excluding hydrogens is 278 g/mol. The highest BCUT2D eigenvalue weighted by Gasteiger charge is 2.49. The highest BCUT2D eigenvalue weighted by molar-refractivity contribution is 7.91. The van der Waals surface area contributed by atoms with E-state index in [1.54, 1.807) is 11.8 Å². The lowest BCUT2D eigenvalue weighted by Gasteiger charge is -2.30. The predicted molar refractivity (Wildman–Crippen MR) is 77.0 cm³/mol. The van der Waals surface area contributed by atoms with Gasteiger partial charge in [-0.1, -0.05) is 13.8 Å². The van der Waals surface area contributed by atoms with Gasteiger partial charge in [0.1, 0.15) is 9.84 Å². The van der Waals surface area contributed by atoms with Crippen molar-refractivity contribution >= 4 is 15.7 Å². The number of hydrogen-bond acceptors (Lipinski definition) is 4. The summed E-state index contributed by atoms with van der Waals surface area (Å²) in [5.74, 6) is 0.613. The summed E-state index contributed by atoms with van der Waals surface area (Å²) < 4.78 is 22.8. The zero-order valence-corrected chi connectivity index (χ0v) is 13.4. The smallest absolute Gasteiger partial charge is 0.222 e. The number of sulfone groups is 1. The lowest BCUT2D eigenvalue weighted by atomic mass is 9.79. The van der Waals surface area contributed by atoms with Crippen LogP contribution in [0.25, 0.3) is 0 Å². The Kier molecular flexibility index (Phi) is 3.93. The molecular formula is C14H25NO4S. The highest BCUT2D eigenvalue weighted by atomic mass is 32.2. The van der Waals surface area contributed by atoms with Crippen molar-refractivity contribution in [1.82, 2.24) is 4.90 Å². The second-order valence-electron chi connectivity index (χ2n) is 7.21. The minimum atomic E-state index is -2.87. The van der Waals surface area contributed by atoms with Crippen LogP contribution >= 0.6 is 0 Å². The number of carbonyl (C=O) groups excluding carboxylic acids is 1. The maximum Gasteiger partial charge on any atom is 0.222 e. The Morgan fingerprint density at radius 1 is 1.20 bits per heavy atom. The summed E-state index contributed by atoms with van der Waals surface area (Å²) in [7, 11) is -2.87. The van der Waals surface area contributed by atoms with E-state index in [1.165, 1.54) is 0 Å². The molecule has 1 amide bonds. The second kappa shape index (κ2) is 4.98. The Labute approximate surface area is 121 Å². The van der Waals surface area contributed by atoms with Gasteiger partial charge in [0.15, 0.2) is 0 Å². The van der Waals surface area contributed by atoms with Gasteiger partial charge in [0.25, 0.3) is 0 Å². The largest absolute Gasteiger partial charge is 0.388 e. The van der Waals surface area contributed by atoms with Crippen molar-refractivity contribution in [2.75, 3.05) is 24.6 Å². The van der Waals surface area contributed by atoms with E-state index in [2.05, 4.69) is 0 Å². The second-order valence-corrected chi connectivity index (χ2v) is 9.51. The Bertz CT molecular complexity index is 465. The van der Waals surface area contributed by atoms with Crippen molar-refractivity contribution in [3.05, 3.63) is 0 Å². The van der Waals surface area contributed by atoms with Crippen LogP contribution in [0.4, 0.5) is 0 Å². The van der Waals surface area contributed by atoms with Crippen molar-refractivity contribution in [3.63, 3.8) is 0 Å². The highest BCUT2D eigenvalue weighted by Crippen LogP contribution is 2.39. The maximum atomic E-state index is 12.3. The number of amides is 1. The lowest BCUT2D eigenvalue weighted by Crippen LogP contribution is -2.40. The van der Waals surface area contributed by atoms with Gasteiger partial charge < -0.3 is 10.0 Å². The monoisotopic (exact) mass is 303 g/mol. The summed E-state index contributed by atoms with van der Waals surface area (Å²) >= 11 is 0. The molecule has 2 fully saturated rings. The quantitative estimate of drug-likeness (QED) is 0.819. The first-order chi connectivity index (χ1) is 9.02. The van der Waals surface area contributed by atoms with E-state index >= 15 is 0 Å². The summed E-state index contributed by atoms with van der Waals surface area (Å²) in [6.07, 6.45) is 1.57. The van der Waals surface area contributed by atoms with Gasteiger partial charge in [-0.3, -0.25) is 4.79 Å². The number of aliphatic hydroxyl groups is 1. The third-order valence-electron chi connectivity index (χ3n) is 5.03. The molecule has 1 atom stereocenters. The van der Waals surface area contributed by atoms with Gasteiger partial charge in [-0.25, -0.2) is 8.42 Å². The molecule has 0 saturated carbocycles. The molecule has 2 aliphatic heterocycles. The van der Waals surface area contributed by atoms with Gasteiger partial charge in [0, 0.05) is 24.9 Å². The Morgan fingerprint density at radius 2 is 1.75 bits per heavy atom. The maximum absolute atomic E-state index is 12.3. The van der Waals surface area contributed by atoms with Gasteiger partial charge in [0.05, 0.1) is 17.1 Å². The predicted octanol–water partition coefficient (Wildman–Crippen LogP) is 0.821. The summed E-state index contributed by atoms with van der Waals surface area (Å²) in [4.78, 5) is 14.0. The summed E-state index contributed by atoms with van der Waals surface area (Å²) in [6.45, 7) is 6.63. The van der Waals surface area contributed by atoms with Gasteiger partial charge in [0.2, 0.25) is 5.91 Å². The van der Waals surface area contributed by atoms with Crippen molar-refractivity contribution < 1.29 is 18.3 Å². The summed E-state index contributed by atoms with van der Waals surface area (Å²) in [5.41, 5.74) is -1.17. The van der Waals surface area contributed by atoms with Crippen molar-refractivity contribution in [3.8, 4) is 0 Å². The molecule has 6 heteroatoms. The molecule has 0 aromatic carbocycles. The normalized spacial score (nSPS) is 33.3. The minimum Gasteiger partial charge on any atom is -0.388 e. The average Bonchev–Trinajstić information content (AvgIpc) is 2.51. The van der Waals surface area contributed by atoms with E-state index in [-0.39, 0.29) is 28.7 Å². The third-order valence-corrected chi connectivity index (χ3v) is 6.75. The number of β-amino-alcohol motifs (C(OH)–C–C–N with tert-alkyl or cyclic N) is 1. The van der Waals surface area contributed by atoms with E-state index in [0.29, 0.717) is 32.4 Å². The fourth-order valence-electron chi connectivity index (χ4n) is 2.98. The van der Waals surface area contributed by atoms with Crippen LogP contribution in [0.5, 0.6) is 0 Å². The topological polar surface area (TPSA) is 74.7 Å². The SMILES string of the molecule is CC1(C)CN(C(=O)CC2CCS(=O)(=O)CC2)C[C@@]1(C)O. The minimum absolute atomic E-state index is 0.0418. The van der Waals surface area contributed by atoms with Crippen LogP contribution in [0.15, 0.2) is 0 Å². The van der Waals surface area contributed by atoms with Gasteiger partial charge in [-0.05, 0) is 25.7 Å². The molecule has 2 aliphatic rings. The number of nitrogens with zero attached hydrogens (tertiary/aromatic N) is 1. The van der Waals surface area contributed by atoms with Crippen molar-refractivity contribution in [1.29, 1.82) is 0 Å². The molecule has 5 nitrogen and oxygen atoms in total. The molecule has 0 aromatic heterocycles. The Hall–Kier alpha value is -0.620. The van der Waals surface area contributed by atoms with Crippen LogP contribution in [-0.4, -0.2) is 54.5 Å². The molecule has 2 heterocycles. The molecule has 1 N–H and O–H groups in total. The third kappa shape index (κ3) is 3.17. The molecule has 2 rings (SSSR count). The van der Waals surface area contributed by atoms with E-state index in [4.69, 9.17) is 0 Å². The molecule has 2 saturated heterocycles. The Balaban J connectivity index is 1.91. The summed E-state index contributed by atoms with van der Waals surface area (Å²) in [6, 6.07) is 0. The van der Waals surface area contributed by atoms with Gasteiger partial charge >= 0.3 is 0 Å². The Morgan fingerprint density at radius 3 is 2.20 bits per heavy atom. The average molecular weight is 303 g/mol. The van der Waals surface area contributed by atoms with Gasteiger partial charge in [-0.15, -0.1) is 0 Å². The number of likely N-dealkylation sites (tertiary alicyclic amines) is 1. The molecule has 20 heavy (non-hydrogen) atoms. The first kappa shape index (κ1) is 15.8. The van der Waals surface area contributed by atoms with Crippen LogP contribution < -0.4 is 0 Å². The molecule has 0 unspecified atom stereocenters. The first-order valence-electron chi connectivity index (χ1n) is 7.23. The van der Waals surface area contributed by atoms with Crippen molar-refractivity contribution in [2.24, 2.45) is 11.3 Å². The van der Waals surface area contributed by atoms with Crippen LogP contribution in [0, 0.1) is 11.3 Å². The molecule has 0 bridgehead atoms.